The molecule has 0 aromatic carbocycles. The highest BCUT2D eigenvalue weighted by Crippen LogP contribution is 1.94. The first kappa shape index (κ1) is 17.7. The lowest BCUT2D eigenvalue weighted by Gasteiger charge is -2.14. The molecule has 0 aromatic rings. The summed E-state index contributed by atoms with van der Waals surface area (Å²) in [4.78, 5) is 36.4. The lowest BCUT2D eigenvalue weighted by atomic mass is 10.2. The number of nitrogens with one attached hydrogen (secondary N) is 2. The number of hydrogen-bond donors (Lipinski definition) is 3. The van der Waals surface area contributed by atoms with Gasteiger partial charge in [0, 0.05) is 31.3 Å². The Morgan fingerprint density at radius 1 is 1.45 bits per heavy atom. The molecule has 112 valence electrons. The third-order valence-electron chi connectivity index (χ3n) is 2.10. The van der Waals surface area contributed by atoms with Gasteiger partial charge in [-0.3, -0.25) is 9.59 Å². The number of hydrogen-bond acceptors (Lipinski definition) is 5. The van der Waals surface area contributed by atoms with Crippen LogP contribution in [0.15, 0.2) is 5.11 Å². The van der Waals surface area contributed by atoms with Gasteiger partial charge in [0.15, 0.2) is 6.61 Å². The third kappa shape index (κ3) is 8.72. The van der Waals surface area contributed by atoms with Crippen molar-refractivity contribution in [1.29, 1.82) is 0 Å². The summed E-state index contributed by atoms with van der Waals surface area (Å²) < 4.78 is 4.78. The minimum Gasteiger partial charge on any atom is -0.454 e. The smallest absolute Gasteiger partial charge is 0.329 e. The molecule has 0 aliphatic rings. The van der Waals surface area contributed by atoms with Crippen LogP contribution < -0.4 is 16.4 Å². The molecule has 0 aromatic heterocycles. The first-order valence-corrected chi connectivity index (χ1v) is 6.01. The topological polar surface area (TPSA) is 161 Å². The summed E-state index contributed by atoms with van der Waals surface area (Å²) in [6.45, 7) is 1.55. The SMILES string of the molecule is CC(=O)NC(CC[NH3+])C(=O)OCC(=O)NCCN=[N+]=[N-]. The van der Waals surface area contributed by atoms with Gasteiger partial charge in [0.2, 0.25) is 5.91 Å². The highest BCUT2D eigenvalue weighted by atomic mass is 16.5. The van der Waals surface area contributed by atoms with Crippen LogP contribution in [0.3, 0.4) is 0 Å². The zero-order valence-corrected chi connectivity index (χ0v) is 11.3. The van der Waals surface area contributed by atoms with Gasteiger partial charge in [0.05, 0.1) is 6.54 Å². The van der Waals surface area contributed by atoms with E-state index in [1.165, 1.54) is 6.92 Å². The van der Waals surface area contributed by atoms with Crippen LogP contribution in [0.2, 0.25) is 0 Å². The number of amides is 2. The molecule has 1 unspecified atom stereocenters. The molecule has 5 N–H and O–H groups in total. The largest absolute Gasteiger partial charge is 0.454 e. The Bertz CT molecular complexity index is 393. The minimum absolute atomic E-state index is 0.117. The lowest BCUT2D eigenvalue weighted by molar-refractivity contribution is -0.368. The van der Waals surface area contributed by atoms with Crippen LogP contribution in [-0.4, -0.2) is 50.1 Å². The van der Waals surface area contributed by atoms with E-state index in [9.17, 15) is 14.4 Å². The van der Waals surface area contributed by atoms with Crippen molar-refractivity contribution >= 4 is 17.8 Å². The van der Waals surface area contributed by atoms with Crippen molar-refractivity contribution in [3.63, 3.8) is 0 Å². The van der Waals surface area contributed by atoms with Gasteiger partial charge in [0.1, 0.15) is 6.04 Å². The molecule has 0 radical (unpaired) electrons. The third-order valence-corrected chi connectivity index (χ3v) is 2.10. The van der Waals surface area contributed by atoms with E-state index in [0.717, 1.165) is 0 Å². The molecule has 20 heavy (non-hydrogen) atoms. The predicted octanol–water partition coefficient (Wildman–Crippen LogP) is -1.91. The van der Waals surface area contributed by atoms with E-state index < -0.39 is 24.5 Å². The highest BCUT2D eigenvalue weighted by molar-refractivity contribution is 5.85. The van der Waals surface area contributed by atoms with E-state index in [1.54, 1.807) is 0 Å². The monoisotopic (exact) mass is 287 g/mol. The zero-order valence-electron chi connectivity index (χ0n) is 11.3. The molecule has 0 fully saturated rings. The average molecular weight is 287 g/mol. The molecule has 10 nitrogen and oxygen atoms in total. The Balaban J connectivity index is 4.06. The van der Waals surface area contributed by atoms with Crippen molar-refractivity contribution in [3.05, 3.63) is 10.4 Å². The van der Waals surface area contributed by atoms with Crippen LogP contribution in [-0.2, 0) is 19.1 Å². The summed E-state index contributed by atoms with van der Waals surface area (Å²) in [6.07, 6.45) is 0.330. The number of ether oxygens (including phenoxy) is 1. The molecular weight excluding hydrogens is 268 g/mol. The molecular formula is C10H19N6O4+. The standard InChI is InChI=1S/C10H18N6O4/c1-7(17)15-8(2-3-11)10(19)20-6-9(18)13-4-5-14-16-12/h8H,2-6,11H2,1H3,(H,13,18)(H,15,17)/p+1. The summed E-state index contributed by atoms with van der Waals surface area (Å²) in [5.74, 6) is -1.56. The van der Waals surface area contributed by atoms with Gasteiger partial charge < -0.3 is 21.1 Å². The van der Waals surface area contributed by atoms with Gasteiger partial charge in [-0.2, -0.15) is 0 Å². The minimum atomic E-state index is -0.805. The maximum absolute atomic E-state index is 11.6. The molecule has 0 spiro atoms. The highest BCUT2D eigenvalue weighted by Gasteiger charge is 2.21. The number of esters is 1. The summed E-state index contributed by atoms with van der Waals surface area (Å²) in [5.41, 5.74) is 11.6. The molecule has 0 bridgehead atoms. The maximum Gasteiger partial charge on any atom is 0.329 e. The number of rotatable bonds is 9. The van der Waals surface area contributed by atoms with Crippen molar-refractivity contribution < 1.29 is 24.9 Å². The Morgan fingerprint density at radius 2 is 2.15 bits per heavy atom. The molecule has 0 saturated heterocycles. The van der Waals surface area contributed by atoms with Crippen LogP contribution in [0, 0.1) is 0 Å². The average Bonchev–Trinajstić information content (AvgIpc) is 2.40. The van der Waals surface area contributed by atoms with Gasteiger partial charge in [-0.25, -0.2) is 4.79 Å². The second kappa shape index (κ2) is 10.6. The second-order valence-corrected chi connectivity index (χ2v) is 3.81. The normalized spacial score (nSPS) is 10.9. The van der Waals surface area contributed by atoms with Crippen molar-refractivity contribution in [2.45, 2.75) is 19.4 Å². The van der Waals surface area contributed by atoms with Crippen LogP contribution in [0.5, 0.6) is 0 Å². The predicted molar refractivity (Wildman–Crippen MR) is 68.0 cm³/mol. The molecule has 2 amide bonds. The lowest BCUT2D eigenvalue weighted by Crippen LogP contribution is -2.54. The van der Waals surface area contributed by atoms with Crippen LogP contribution >= 0.6 is 0 Å². The number of carbonyl (C=O) groups is 3. The van der Waals surface area contributed by atoms with Crippen molar-refractivity contribution in [1.82, 2.24) is 10.6 Å². The number of quaternary nitrogens is 1. The van der Waals surface area contributed by atoms with E-state index in [0.29, 0.717) is 13.0 Å². The van der Waals surface area contributed by atoms with Crippen molar-refractivity contribution in [3.8, 4) is 0 Å². The Kier molecular flexibility index (Phi) is 9.36. The molecule has 0 saturated carbocycles. The molecule has 0 aliphatic heterocycles. The molecule has 1 atom stereocenters. The van der Waals surface area contributed by atoms with E-state index >= 15 is 0 Å². The number of azide groups is 1. The van der Waals surface area contributed by atoms with Crippen LogP contribution in [0.4, 0.5) is 0 Å². The fraction of sp³-hybridized carbons (Fsp3) is 0.700. The van der Waals surface area contributed by atoms with Crippen LogP contribution in [0.1, 0.15) is 13.3 Å². The quantitative estimate of drug-likeness (QED) is 0.148. The van der Waals surface area contributed by atoms with E-state index in [1.807, 2.05) is 0 Å². The second-order valence-electron chi connectivity index (χ2n) is 3.81. The van der Waals surface area contributed by atoms with Gasteiger partial charge in [0.25, 0.3) is 5.91 Å². The molecule has 0 rings (SSSR count). The fourth-order valence-corrected chi connectivity index (χ4v) is 1.28. The zero-order chi connectivity index (χ0) is 15.4. The van der Waals surface area contributed by atoms with Crippen molar-refractivity contribution in [2.75, 3.05) is 26.2 Å². The molecule has 0 aliphatic carbocycles. The molecule has 10 heteroatoms. The Hall–Kier alpha value is -2.32. The van der Waals surface area contributed by atoms with Gasteiger partial charge in [-0.15, -0.1) is 0 Å². The Labute approximate surface area is 115 Å². The first-order valence-electron chi connectivity index (χ1n) is 6.01. The van der Waals surface area contributed by atoms with Gasteiger partial charge in [-0.05, 0) is 5.53 Å². The maximum atomic E-state index is 11.6. The first-order chi connectivity index (χ1) is 9.51. The summed E-state index contributed by atoms with van der Waals surface area (Å²) in [6, 6.07) is -0.805. The number of carbonyl (C=O) groups excluding carboxylic acids is 3. The van der Waals surface area contributed by atoms with Gasteiger partial charge in [-0.1, -0.05) is 5.11 Å². The fourth-order valence-electron chi connectivity index (χ4n) is 1.28. The Morgan fingerprint density at radius 3 is 2.70 bits per heavy atom. The summed E-state index contributed by atoms with van der Waals surface area (Å²) >= 11 is 0. The molecule has 0 heterocycles. The van der Waals surface area contributed by atoms with E-state index in [-0.39, 0.29) is 19.0 Å². The van der Waals surface area contributed by atoms with Crippen molar-refractivity contribution in [2.24, 2.45) is 5.11 Å². The summed E-state index contributed by atoms with van der Waals surface area (Å²) in [5, 5.41) is 8.06. The summed E-state index contributed by atoms with van der Waals surface area (Å²) in [7, 11) is 0. The van der Waals surface area contributed by atoms with E-state index in [2.05, 4.69) is 26.4 Å². The van der Waals surface area contributed by atoms with Gasteiger partial charge >= 0.3 is 5.97 Å². The van der Waals surface area contributed by atoms with Crippen LogP contribution in [0.25, 0.3) is 10.4 Å². The van der Waals surface area contributed by atoms with E-state index in [4.69, 9.17) is 10.3 Å². The number of nitrogens with zero attached hydrogens (tertiary/aromatic N) is 3.